The standard InChI is InChI=1S/C77H37N11S/c78-38-44-13-24-65-56(31-44)57-32-45(39-79)14-25-66(57)86(65)75-73(51-21-30-72-62(37-51)55-9-3-6-12-71(55)89-72)76(87-67-26-15-46(40-80)33-58(67)59-34-47(41-81)16-27-68(59)87)77(88-69-28-17-48(42-82)35-60(69)61-36-49(43-83)18-29-70(61)88)84-74(75)50-19-22-52(23-20-50)85-63-10-4-1-7-53(63)54-8-2-5-11-64(54)85/h1-37H. The molecule has 17 rings (SSSR count). The predicted molar refractivity (Wildman–Crippen MR) is 354 cm³/mol. The van der Waals surface area contributed by atoms with Crippen LogP contribution in [-0.2, 0) is 0 Å². The van der Waals surface area contributed by atoms with E-state index in [1.54, 1.807) is 23.5 Å². The number of rotatable bonds is 6. The lowest BCUT2D eigenvalue weighted by Gasteiger charge is -2.26. The number of nitrogens with zero attached hydrogens (tertiary/aromatic N) is 11. The summed E-state index contributed by atoms with van der Waals surface area (Å²) in [5.41, 5.74) is 14.3. The molecule has 0 saturated carbocycles. The van der Waals surface area contributed by atoms with Gasteiger partial charge in [-0.3, -0.25) is 4.57 Å². The SMILES string of the molecule is N#Cc1ccc2c(c1)c1cc(C#N)ccc1n2-c1nc(-c2ccc(-n3c4ccccc4c4ccccc43)cc2)c(-n2c3ccc(C#N)cc3c3cc(C#N)ccc32)c(-c2ccc3sc4ccccc4c3c2)c1-n1c2ccc(C#N)cc2c2cc(C#N)ccc21. The van der Waals surface area contributed by atoms with Crippen LogP contribution >= 0.6 is 11.3 Å². The minimum atomic E-state index is 0.440. The smallest absolute Gasteiger partial charge is 0.163 e. The van der Waals surface area contributed by atoms with E-state index in [0.717, 1.165) is 130 Å². The van der Waals surface area contributed by atoms with Crippen LogP contribution in [0.25, 0.3) is 153 Å². The molecule has 406 valence electrons. The summed E-state index contributed by atoms with van der Waals surface area (Å²) >= 11 is 1.72. The molecule has 0 unspecified atom stereocenters. The fraction of sp³-hybridized carbons (Fsp3) is 0. The maximum absolute atomic E-state index is 10.6. The molecule has 0 aliphatic heterocycles. The molecule has 0 spiro atoms. The minimum absolute atomic E-state index is 0.440. The maximum Gasteiger partial charge on any atom is 0.163 e. The van der Waals surface area contributed by atoms with E-state index in [4.69, 9.17) is 4.98 Å². The van der Waals surface area contributed by atoms with Crippen molar-refractivity contribution in [3.8, 4) is 81.7 Å². The Kier molecular flexibility index (Phi) is 10.9. The van der Waals surface area contributed by atoms with Gasteiger partial charge >= 0.3 is 0 Å². The van der Waals surface area contributed by atoms with Gasteiger partial charge < -0.3 is 13.7 Å². The lowest BCUT2D eigenvalue weighted by atomic mass is 9.95. The lowest BCUT2D eigenvalue weighted by Crippen LogP contribution is -2.13. The maximum atomic E-state index is 10.6. The van der Waals surface area contributed by atoms with Crippen LogP contribution in [0.4, 0.5) is 0 Å². The topological polar surface area (TPSA) is 175 Å². The Morgan fingerprint density at radius 1 is 0.281 bits per heavy atom. The Morgan fingerprint density at radius 3 is 1.08 bits per heavy atom. The fourth-order valence-corrected chi connectivity index (χ4v) is 14.7. The van der Waals surface area contributed by atoms with Crippen LogP contribution in [0.5, 0.6) is 0 Å². The molecule has 0 amide bonds. The van der Waals surface area contributed by atoms with Crippen molar-refractivity contribution in [1.82, 2.24) is 23.3 Å². The van der Waals surface area contributed by atoms with Gasteiger partial charge in [-0.05, 0) is 157 Å². The highest BCUT2D eigenvalue weighted by molar-refractivity contribution is 7.25. The zero-order chi connectivity index (χ0) is 59.8. The van der Waals surface area contributed by atoms with Gasteiger partial charge in [0.15, 0.2) is 5.82 Å². The number of para-hydroxylation sites is 2. The normalized spacial score (nSPS) is 11.5. The fourth-order valence-electron chi connectivity index (χ4n) is 13.7. The average molecular weight is 1150 g/mol. The molecule has 11 nitrogen and oxygen atoms in total. The van der Waals surface area contributed by atoms with Gasteiger partial charge in [0.05, 0.1) is 131 Å². The summed E-state index contributed by atoms with van der Waals surface area (Å²) < 4.78 is 11.1. The summed E-state index contributed by atoms with van der Waals surface area (Å²) in [5, 5.41) is 72.1. The van der Waals surface area contributed by atoms with Gasteiger partial charge in [0.1, 0.15) is 0 Å². The number of nitriles is 6. The van der Waals surface area contributed by atoms with Crippen LogP contribution in [0.1, 0.15) is 33.4 Å². The Morgan fingerprint density at radius 2 is 0.640 bits per heavy atom. The third-order valence-corrected chi connectivity index (χ3v) is 18.7. The third kappa shape index (κ3) is 7.35. The highest BCUT2D eigenvalue weighted by atomic mass is 32.1. The second kappa shape index (κ2) is 19.2. The van der Waals surface area contributed by atoms with E-state index in [1.807, 2.05) is 97.1 Å². The van der Waals surface area contributed by atoms with Gasteiger partial charge in [-0.2, -0.15) is 31.6 Å². The van der Waals surface area contributed by atoms with Gasteiger partial charge in [0.25, 0.3) is 0 Å². The summed E-state index contributed by atoms with van der Waals surface area (Å²) in [6.45, 7) is 0. The van der Waals surface area contributed by atoms with Crippen LogP contribution in [0.2, 0.25) is 0 Å². The number of benzene rings is 11. The molecule has 0 radical (unpaired) electrons. The van der Waals surface area contributed by atoms with Crippen molar-refractivity contribution in [2.24, 2.45) is 0 Å². The first-order valence-electron chi connectivity index (χ1n) is 28.6. The number of fused-ring (bicyclic) bond motifs is 15. The van der Waals surface area contributed by atoms with E-state index in [-0.39, 0.29) is 0 Å². The molecule has 0 fully saturated rings. The zero-order valence-electron chi connectivity index (χ0n) is 46.7. The first kappa shape index (κ1) is 50.4. The second-order valence-corrected chi connectivity index (χ2v) is 23.2. The van der Waals surface area contributed by atoms with Crippen molar-refractivity contribution in [2.45, 2.75) is 0 Å². The molecule has 0 aliphatic rings. The first-order chi connectivity index (χ1) is 43.8. The lowest BCUT2D eigenvalue weighted by molar-refractivity contribution is 1.01. The Hall–Kier alpha value is -13.1. The number of thiophene rings is 1. The molecule has 11 aromatic carbocycles. The van der Waals surface area contributed by atoms with Gasteiger partial charge in [0.2, 0.25) is 0 Å². The Bertz CT molecular complexity index is 6050. The Labute approximate surface area is 510 Å². The molecule has 0 saturated heterocycles. The van der Waals surface area contributed by atoms with E-state index < -0.39 is 0 Å². The molecule has 0 aliphatic carbocycles. The van der Waals surface area contributed by atoms with Crippen molar-refractivity contribution in [1.29, 1.82) is 31.6 Å². The monoisotopic (exact) mass is 1150 g/mol. The van der Waals surface area contributed by atoms with E-state index in [2.05, 4.69) is 170 Å². The number of aromatic nitrogens is 5. The van der Waals surface area contributed by atoms with Gasteiger partial charge in [-0.1, -0.05) is 72.8 Å². The summed E-state index contributed by atoms with van der Waals surface area (Å²) in [6, 6.07) is 88.6. The van der Waals surface area contributed by atoms with E-state index in [0.29, 0.717) is 56.3 Å². The molecule has 89 heavy (non-hydrogen) atoms. The van der Waals surface area contributed by atoms with Crippen LogP contribution in [0.3, 0.4) is 0 Å². The van der Waals surface area contributed by atoms with Crippen molar-refractivity contribution in [3.63, 3.8) is 0 Å². The highest BCUT2D eigenvalue weighted by Crippen LogP contribution is 2.51. The molecule has 17 aromatic rings. The highest BCUT2D eigenvalue weighted by Gasteiger charge is 2.32. The summed E-state index contributed by atoms with van der Waals surface area (Å²) in [4.78, 5) is 6.20. The molecular weight excluding hydrogens is 1110 g/mol. The molecule has 0 bridgehead atoms. The predicted octanol–water partition coefficient (Wildman–Crippen LogP) is 18.4. The zero-order valence-corrected chi connectivity index (χ0v) is 47.5. The van der Waals surface area contributed by atoms with E-state index in [1.165, 1.54) is 0 Å². The second-order valence-electron chi connectivity index (χ2n) is 22.2. The van der Waals surface area contributed by atoms with Gasteiger partial charge in [-0.15, -0.1) is 11.3 Å². The summed E-state index contributed by atoms with van der Waals surface area (Å²) in [6.07, 6.45) is 0. The minimum Gasteiger partial charge on any atom is -0.309 e. The average Bonchev–Trinajstić information content (AvgIpc) is 1.53. The van der Waals surface area contributed by atoms with Gasteiger partial charge in [-0.25, -0.2) is 4.98 Å². The molecule has 0 N–H and O–H groups in total. The first-order valence-corrected chi connectivity index (χ1v) is 29.4. The van der Waals surface area contributed by atoms with E-state index in [9.17, 15) is 31.6 Å². The van der Waals surface area contributed by atoms with Crippen LogP contribution in [-0.4, -0.2) is 23.3 Å². The number of hydrogen-bond donors (Lipinski definition) is 0. The van der Waals surface area contributed by atoms with Crippen molar-refractivity contribution >= 4 is 119 Å². The Balaban J connectivity index is 1.14. The molecule has 0 atom stereocenters. The number of pyridine rings is 1. The van der Waals surface area contributed by atoms with Crippen LogP contribution < -0.4 is 0 Å². The summed E-state index contributed by atoms with van der Waals surface area (Å²) in [5.74, 6) is 0.488. The molecule has 6 aromatic heterocycles. The summed E-state index contributed by atoms with van der Waals surface area (Å²) in [7, 11) is 0. The van der Waals surface area contributed by atoms with Gasteiger partial charge in [0, 0.05) is 80.1 Å². The molecular formula is C77H37N11S. The third-order valence-electron chi connectivity index (χ3n) is 17.5. The molecule has 12 heteroatoms. The van der Waals surface area contributed by atoms with Crippen molar-refractivity contribution < 1.29 is 0 Å². The van der Waals surface area contributed by atoms with E-state index >= 15 is 0 Å². The van der Waals surface area contributed by atoms with Crippen LogP contribution in [0, 0.1) is 68.0 Å². The molecule has 6 heterocycles. The number of hydrogen-bond acceptors (Lipinski definition) is 8. The quantitative estimate of drug-likeness (QED) is 0.159. The van der Waals surface area contributed by atoms with Crippen molar-refractivity contribution in [2.75, 3.05) is 0 Å². The van der Waals surface area contributed by atoms with Crippen LogP contribution in [0.15, 0.2) is 224 Å². The largest absolute Gasteiger partial charge is 0.309 e. The van der Waals surface area contributed by atoms with Crippen molar-refractivity contribution in [3.05, 3.63) is 258 Å².